The molecule has 5 N–H and O–H groups in total. The molecule has 172 valence electrons. The summed E-state index contributed by atoms with van der Waals surface area (Å²) >= 11 is 0. The maximum atomic E-state index is 13.7. The van der Waals surface area contributed by atoms with Crippen LogP contribution in [-0.2, 0) is 13.1 Å². The van der Waals surface area contributed by atoms with Gasteiger partial charge in [-0.1, -0.05) is 37.3 Å². The zero-order valence-corrected chi connectivity index (χ0v) is 18.7. The molecule has 2 heterocycles. The molecule has 0 saturated heterocycles. The van der Waals surface area contributed by atoms with E-state index in [1.165, 1.54) is 18.2 Å². The van der Waals surface area contributed by atoms with Crippen LogP contribution in [0.25, 0.3) is 11.2 Å². The number of benzene rings is 2. The number of nitrogen functional groups attached to an aromatic ring is 1. The van der Waals surface area contributed by atoms with Crippen molar-refractivity contribution in [1.82, 2.24) is 19.5 Å². The Bertz CT molecular complexity index is 1230. The van der Waals surface area contributed by atoms with Gasteiger partial charge in [-0.15, -0.1) is 0 Å². The fourth-order valence-electron chi connectivity index (χ4n) is 3.66. The zero-order valence-electron chi connectivity index (χ0n) is 18.7. The highest BCUT2D eigenvalue weighted by atomic mass is 19.1. The van der Waals surface area contributed by atoms with Crippen molar-refractivity contribution in [3.8, 4) is 0 Å². The van der Waals surface area contributed by atoms with E-state index in [0.29, 0.717) is 47.1 Å². The van der Waals surface area contributed by atoms with Gasteiger partial charge in [-0.3, -0.25) is 0 Å². The van der Waals surface area contributed by atoms with Gasteiger partial charge in [0, 0.05) is 12.2 Å². The van der Waals surface area contributed by atoms with Crippen LogP contribution in [0.2, 0.25) is 0 Å². The van der Waals surface area contributed by atoms with Gasteiger partial charge in [-0.25, -0.2) is 9.37 Å². The molecule has 4 rings (SSSR count). The van der Waals surface area contributed by atoms with Crippen molar-refractivity contribution in [2.45, 2.75) is 45.5 Å². The van der Waals surface area contributed by atoms with E-state index in [2.05, 4.69) is 20.6 Å². The molecule has 0 aliphatic heterocycles. The zero-order chi connectivity index (χ0) is 23.4. The van der Waals surface area contributed by atoms with E-state index in [4.69, 9.17) is 10.7 Å². The molecule has 8 nitrogen and oxygen atoms in total. The predicted molar refractivity (Wildman–Crippen MR) is 128 cm³/mol. The summed E-state index contributed by atoms with van der Waals surface area (Å²) in [7, 11) is 0. The number of nitrogens with one attached hydrogen (secondary N) is 2. The molecule has 2 aromatic heterocycles. The second-order valence-corrected chi connectivity index (χ2v) is 8.02. The number of nitrogens with two attached hydrogens (primary N) is 1. The quantitative estimate of drug-likeness (QED) is 0.288. The molecular weight excluding hydrogens is 421 g/mol. The molecule has 2 unspecified atom stereocenters. The van der Waals surface area contributed by atoms with Gasteiger partial charge in [0.15, 0.2) is 17.0 Å². The summed E-state index contributed by atoms with van der Waals surface area (Å²) in [4.78, 5) is 13.8. The molecule has 0 aliphatic rings. The van der Waals surface area contributed by atoms with Gasteiger partial charge in [-0.2, -0.15) is 9.97 Å². The van der Waals surface area contributed by atoms with E-state index in [-0.39, 0.29) is 18.4 Å². The lowest BCUT2D eigenvalue weighted by Crippen LogP contribution is -2.31. The van der Waals surface area contributed by atoms with E-state index < -0.39 is 6.10 Å². The van der Waals surface area contributed by atoms with Gasteiger partial charge in [0.2, 0.25) is 5.95 Å². The third-order valence-electron chi connectivity index (χ3n) is 5.55. The molecule has 0 aliphatic carbocycles. The average molecular weight is 450 g/mol. The summed E-state index contributed by atoms with van der Waals surface area (Å²) < 4.78 is 15.6. The molecule has 0 spiro atoms. The summed E-state index contributed by atoms with van der Waals surface area (Å²) in [6, 6.07) is 14.1. The van der Waals surface area contributed by atoms with Crippen molar-refractivity contribution in [2.24, 2.45) is 0 Å². The SMILES string of the molecule is CCC(Nc1nc(NCc2cc(F)ccc2N)c2ncn(Cc3ccccc3)c2n1)C(C)O. The van der Waals surface area contributed by atoms with Crippen LogP contribution in [0.3, 0.4) is 0 Å². The first-order valence-corrected chi connectivity index (χ1v) is 10.9. The monoisotopic (exact) mass is 449 g/mol. The van der Waals surface area contributed by atoms with Crippen LogP contribution in [0.4, 0.5) is 21.8 Å². The molecule has 33 heavy (non-hydrogen) atoms. The lowest BCUT2D eigenvalue weighted by atomic mass is 10.1. The van der Waals surface area contributed by atoms with Crippen molar-refractivity contribution in [3.63, 3.8) is 0 Å². The maximum Gasteiger partial charge on any atom is 0.227 e. The van der Waals surface area contributed by atoms with Crippen LogP contribution in [0, 0.1) is 5.82 Å². The molecule has 2 atom stereocenters. The van der Waals surface area contributed by atoms with Gasteiger partial charge in [0.05, 0.1) is 25.0 Å². The standard InChI is InChI=1S/C24H28FN7O/c1-3-20(15(2)33)29-24-30-22(27-12-17-11-18(25)9-10-19(17)26)21-23(31-24)32(14-28-21)13-16-7-5-4-6-8-16/h4-11,14-15,20,33H,3,12-13,26H2,1-2H3,(H2,27,29,30,31). The number of aliphatic hydroxyl groups excluding tert-OH is 1. The second kappa shape index (κ2) is 9.83. The molecule has 0 bridgehead atoms. The third kappa shape index (κ3) is 5.20. The summed E-state index contributed by atoms with van der Waals surface area (Å²) in [5.41, 5.74) is 9.47. The predicted octanol–water partition coefficient (Wildman–Crippen LogP) is 3.78. The number of nitrogens with zero attached hydrogens (tertiary/aromatic N) is 4. The Kier molecular flexibility index (Phi) is 6.69. The molecule has 9 heteroatoms. The normalized spacial score (nSPS) is 13.1. The average Bonchev–Trinajstić information content (AvgIpc) is 3.21. The molecule has 0 amide bonds. The summed E-state index contributed by atoms with van der Waals surface area (Å²) in [5, 5.41) is 16.5. The van der Waals surface area contributed by atoms with E-state index in [1.807, 2.05) is 41.8 Å². The van der Waals surface area contributed by atoms with Crippen molar-refractivity contribution in [2.75, 3.05) is 16.4 Å². The topological polar surface area (TPSA) is 114 Å². The fraction of sp³-hybridized carbons (Fsp3) is 0.292. The van der Waals surface area contributed by atoms with Crippen molar-refractivity contribution in [3.05, 3.63) is 71.8 Å². The summed E-state index contributed by atoms with van der Waals surface area (Å²) in [5.74, 6) is 0.518. The number of hydrogen-bond acceptors (Lipinski definition) is 7. The molecule has 0 fully saturated rings. The van der Waals surface area contributed by atoms with E-state index in [9.17, 15) is 9.50 Å². The minimum absolute atomic E-state index is 0.209. The van der Waals surface area contributed by atoms with Crippen LogP contribution >= 0.6 is 0 Å². The van der Waals surface area contributed by atoms with Crippen molar-refractivity contribution in [1.29, 1.82) is 0 Å². The maximum absolute atomic E-state index is 13.7. The van der Waals surface area contributed by atoms with Crippen LogP contribution in [0.1, 0.15) is 31.4 Å². The Morgan fingerprint density at radius 1 is 1.15 bits per heavy atom. The first-order chi connectivity index (χ1) is 15.9. The van der Waals surface area contributed by atoms with Crippen LogP contribution in [-0.4, -0.2) is 36.8 Å². The molecule has 0 radical (unpaired) electrons. The number of fused-ring (bicyclic) bond motifs is 1. The number of hydrogen-bond donors (Lipinski definition) is 4. The van der Waals surface area contributed by atoms with Gasteiger partial charge in [-0.05, 0) is 42.7 Å². The molecule has 4 aromatic rings. The number of rotatable bonds is 9. The summed E-state index contributed by atoms with van der Waals surface area (Å²) in [6.45, 7) is 4.58. The number of aliphatic hydroxyl groups is 1. The Morgan fingerprint density at radius 2 is 1.94 bits per heavy atom. The van der Waals surface area contributed by atoms with Gasteiger partial charge >= 0.3 is 0 Å². The highest BCUT2D eigenvalue weighted by molar-refractivity contribution is 5.84. The minimum Gasteiger partial charge on any atom is -0.398 e. The van der Waals surface area contributed by atoms with E-state index in [1.54, 1.807) is 13.3 Å². The number of anilines is 3. The number of imidazole rings is 1. The van der Waals surface area contributed by atoms with Crippen molar-refractivity contribution < 1.29 is 9.50 Å². The Hall–Kier alpha value is -3.72. The van der Waals surface area contributed by atoms with Gasteiger partial charge < -0.3 is 26.0 Å². The molecule has 2 aromatic carbocycles. The highest BCUT2D eigenvalue weighted by Crippen LogP contribution is 2.24. The molecular formula is C24H28FN7O. The van der Waals surface area contributed by atoms with E-state index >= 15 is 0 Å². The smallest absolute Gasteiger partial charge is 0.227 e. The first kappa shape index (κ1) is 22.5. The molecule has 0 saturated carbocycles. The van der Waals surface area contributed by atoms with Gasteiger partial charge in [0.25, 0.3) is 0 Å². The van der Waals surface area contributed by atoms with Gasteiger partial charge in [0.1, 0.15) is 5.82 Å². The highest BCUT2D eigenvalue weighted by Gasteiger charge is 2.18. The van der Waals surface area contributed by atoms with Crippen molar-refractivity contribution >= 4 is 28.6 Å². The first-order valence-electron chi connectivity index (χ1n) is 10.9. The van der Waals surface area contributed by atoms with E-state index in [0.717, 1.165) is 5.56 Å². The van der Waals surface area contributed by atoms with Crippen LogP contribution < -0.4 is 16.4 Å². The van der Waals surface area contributed by atoms with Crippen LogP contribution in [0.5, 0.6) is 0 Å². The lowest BCUT2D eigenvalue weighted by Gasteiger charge is -2.20. The second-order valence-electron chi connectivity index (χ2n) is 8.02. The largest absolute Gasteiger partial charge is 0.398 e. The number of aromatic nitrogens is 4. The minimum atomic E-state index is -0.577. The Labute approximate surface area is 191 Å². The number of halogens is 1. The van der Waals surface area contributed by atoms with Crippen LogP contribution in [0.15, 0.2) is 54.9 Å². The lowest BCUT2D eigenvalue weighted by molar-refractivity contribution is 0.169. The Morgan fingerprint density at radius 3 is 2.67 bits per heavy atom. The fourth-order valence-corrected chi connectivity index (χ4v) is 3.66. The Balaban J connectivity index is 1.71. The third-order valence-corrected chi connectivity index (χ3v) is 5.55. The summed E-state index contributed by atoms with van der Waals surface area (Å²) in [6.07, 6.45) is 1.85.